The molecule has 12 atom stereocenters. The van der Waals surface area contributed by atoms with Gasteiger partial charge in [0.05, 0.1) is 25.4 Å². The summed E-state index contributed by atoms with van der Waals surface area (Å²) in [5.41, 5.74) is 19.2. The van der Waals surface area contributed by atoms with Gasteiger partial charge in [-0.25, -0.2) is 0 Å². The summed E-state index contributed by atoms with van der Waals surface area (Å²) in [7, 11) is 0. The number of rotatable bonds is 47. The molecule has 0 bridgehead atoms. The number of aromatic hydroxyl groups is 2. The van der Waals surface area contributed by atoms with Gasteiger partial charge in [-0.15, -0.1) is 0 Å². The number of carboxylic acid groups (broad SMARTS) is 2. The molecular weight excluding hydrogens is 1460 g/mol. The number of amides is 13. The van der Waals surface area contributed by atoms with E-state index in [1.54, 1.807) is 80.8 Å². The molecule has 4 aromatic rings. The molecule has 588 valence electrons. The third-order valence-corrected chi connectivity index (χ3v) is 17.9. The van der Waals surface area contributed by atoms with E-state index in [4.69, 9.17) is 17.2 Å². The highest BCUT2D eigenvalue weighted by Gasteiger charge is 2.37. The fourth-order valence-electron chi connectivity index (χ4n) is 10.5. The fraction of sp³-hybridized carbons (Fsp3) is 0.451. The zero-order valence-electron chi connectivity index (χ0n) is 60.0. The lowest BCUT2D eigenvalue weighted by Gasteiger charge is -2.28. The Balaban J connectivity index is 1.53. The Bertz CT molecular complexity index is 3720. The number of primary amides is 1. The first-order chi connectivity index (χ1) is 51.2. The molecule has 0 saturated carbocycles. The molecule has 0 aliphatic rings. The van der Waals surface area contributed by atoms with Gasteiger partial charge >= 0.3 is 11.9 Å². The first-order valence-corrected chi connectivity index (χ1v) is 37.1. The zero-order chi connectivity index (χ0) is 80.2. The lowest BCUT2D eigenvalue weighted by Crippen LogP contribution is -2.61. The molecular formula is C71H97N15O19S3. The average Bonchev–Trinajstić information content (AvgIpc) is 0.848. The first kappa shape index (κ1) is 89.9. The van der Waals surface area contributed by atoms with Gasteiger partial charge in [-0.1, -0.05) is 98.8 Å². The van der Waals surface area contributed by atoms with Gasteiger partial charge in [0.15, 0.2) is 0 Å². The Morgan fingerprint density at radius 3 is 1.24 bits per heavy atom. The van der Waals surface area contributed by atoms with Crippen LogP contribution in [0.2, 0.25) is 0 Å². The fourth-order valence-corrected chi connectivity index (χ4v) is 11.5. The number of carboxylic acids is 2. The van der Waals surface area contributed by atoms with Crippen molar-refractivity contribution in [3.8, 4) is 11.5 Å². The lowest BCUT2D eigenvalue weighted by molar-refractivity contribution is -0.142. The molecule has 0 aliphatic heterocycles. The minimum atomic E-state index is -1.84. The SMILES string of the molecule is CSCC[C@H](NC(=O)[C@H](Cc1ccc(O)cc1)NC(=O)[C@H](CS)NC(=O)[C@H](C)NC(=O)[C@H](Cc1ccc(O)cc1)NC(=O)[C@H](Cc1ccccc1)NC(=O)CNC(=O)[C@H](CC(=O)O)NC(=O)[C@H](CS)NC(=O)[C@@H](N)Cc1ccccc1)C(=O)N[C@@H](CC(=O)O)C(=O)N[C@H](C(=O)N[C@@H](CCCCN)C(N)=O)C(C)C. The van der Waals surface area contributed by atoms with Crippen LogP contribution in [0.1, 0.15) is 81.5 Å². The van der Waals surface area contributed by atoms with Gasteiger partial charge in [0.25, 0.3) is 0 Å². The van der Waals surface area contributed by atoms with Gasteiger partial charge in [-0.05, 0) is 110 Å². The van der Waals surface area contributed by atoms with Gasteiger partial charge in [0.2, 0.25) is 76.8 Å². The van der Waals surface area contributed by atoms with Crippen molar-refractivity contribution >= 4 is 126 Å². The third-order valence-electron chi connectivity index (χ3n) is 16.5. The van der Waals surface area contributed by atoms with E-state index in [0.717, 1.165) is 5.56 Å². The van der Waals surface area contributed by atoms with Crippen molar-refractivity contribution in [2.24, 2.45) is 23.1 Å². The highest BCUT2D eigenvalue weighted by Crippen LogP contribution is 2.16. The topological polar surface area (TPSA) is 559 Å². The minimum Gasteiger partial charge on any atom is -0.508 e. The second kappa shape index (κ2) is 46.6. The van der Waals surface area contributed by atoms with E-state index >= 15 is 0 Å². The number of aliphatic carboxylic acids is 2. The maximum atomic E-state index is 14.5. The maximum absolute atomic E-state index is 14.5. The molecule has 37 heteroatoms. The van der Waals surface area contributed by atoms with Crippen molar-refractivity contribution in [1.82, 2.24) is 63.8 Å². The van der Waals surface area contributed by atoms with E-state index in [0.29, 0.717) is 36.1 Å². The van der Waals surface area contributed by atoms with Gasteiger partial charge in [-0.2, -0.15) is 37.0 Å². The Kier molecular flexibility index (Phi) is 38.7. The van der Waals surface area contributed by atoms with Crippen LogP contribution >= 0.6 is 37.0 Å². The Morgan fingerprint density at radius 2 is 0.796 bits per heavy atom. The first-order valence-electron chi connectivity index (χ1n) is 34.4. The Labute approximate surface area is 638 Å². The zero-order valence-corrected chi connectivity index (χ0v) is 62.6. The van der Waals surface area contributed by atoms with Crippen LogP contribution < -0.4 is 81.0 Å². The van der Waals surface area contributed by atoms with Crippen molar-refractivity contribution < 1.29 is 92.3 Å². The summed E-state index contributed by atoms with van der Waals surface area (Å²) in [5, 5.41) is 69.2. The summed E-state index contributed by atoms with van der Waals surface area (Å²) >= 11 is 9.69. The van der Waals surface area contributed by atoms with E-state index in [2.05, 4.69) is 89.1 Å². The van der Waals surface area contributed by atoms with Gasteiger partial charge in [0, 0.05) is 30.8 Å². The van der Waals surface area contributed by atoms with Gasteiger partial charge < -0.3 is 101 Å². The van der Waals surface area contributed by atoms with Crippen molar-refractivity contribution in [2.75, 3.05) is 36.6 Å². The highest BCUT2D eigenvalue weighted by molar-refractivity contribution is 7.98. The van der Waals surface area contributed by atoms with E-state index in [-0.39, 0.29) is 61.5 Å². The summed E-state index contributed by atoms with van der Waals surface area (Å²) < 4.78 is 0. The largest absolute Gasteiger partial charge is 0.508 e. The van der Waals surface area contributed by atoms with Crippen LogP contribution in [0.3, 0.4) is 0 Å². The van der Waals surface area contributed by atoms with Crippen LogP contribution in [0.25, 0.3) is 0 Å². The number of phenols is 2. The number of thiol groups is 2. The van der Waals surface area contributed by atoms with Crippen molar-refractivity contribution in [1.29, 1.82) is 0 Å². The quantitative estimate of drug-likeness (QED) is 0.0155. The van der Waals surface area contributed by atoms with Crippen molar-refractivity contribution in [3.63, 3.8) is 0 Å². The molecule has 22 N–H and O–H groups in total. The summed E-state index contributed by atoms with van der Waals surface area (Å²) in [4.78, 5) is 204. The molecule has 0 heterocycles. The van der Waals surface area contributed by atoms with E-state index < -0.39 is 192 Å². The predicted octanol–water partition coefficient (Wildman–Crippen LogP) is -3.00. The number of phenolic OH excluding ortho intramolecular Hbond substituents is 2. The summed E-state index contributed by atoms with van der Waals surface area (Å²) in [6.07, 6.45) is -0.0459. The van der Waals surface area contributed by atoms with Gasteiger partial charge in [0.1, 0.15) is 78.0 Å². The third kappa shape index (κ3) is 31.9. The monoisotopic (exact) mass is 1560 g/mol. The molecule has 0 unspecified atom stereocenters. The number of nitrogens with two attached hydrogens (primary N) is 3. The highest BCUT2D eigenvalue weighted by atomic mass is 32.2. The average molecular weight is 1560 g/mol. The van der Waals surface area contributed by atoms with Crippen molar-refractivity contribution in [3.05, 3.63) is 131 Å². The van der Waals surface area contributed by atoms with Gasteiger partial charge in [-0.3, -0.25) is 71.9 Å². The van der Waals surface area contributed by atoms with Crippen LogP contribution in [-0.2, 0) is 97.6 Å². The number of carbonyl (C=O) groups is 15. The maximum Gasteiger partial charge on any atom is 0.305 e. The Hall–Kier alpha value is -10.5. The smallest absolute Gasteiger partial charge is 0.305 e. The standard InChI is InChI=1S/C71H97N15O19S3/c1-38(2)59(71(105)78-47(60(74)94)17-11-12-27-72)86-68(102)53(34-58(92)93)83-64(98)48(26-28-108-4)79-67(101)51(32-43-20-24-45(88)25-21-43)81-69(103)54(36-106)84-61(95)39(3)76-65(99)50(31-42-18-22-44(87)23-19-42)80-66(100)49(30-41-15-9-6-10-16-41)77-56(89)35-75-63(97)52(33-57(90)91)82-70(104)55(37-107)85-62(96)46(73)29-40-13-7-5-8-14-40/h5-10,13-16,18-25,38-39,46-55,59,87-88,106-107H,11-12,17,26-37,72-73H2,1-4H3,(H2,74,94)(H,75,97)(H,76,99)(H,77,89)(H,78,105)(H,79,101)(H,80,100)(H,81,103)(H,82,104)(H,83,98)(H,84,95)(H,85,96)(H,86,102)(H,90,91)(H,92,93)/t39-,46-,47-,48-,49-,50-,51-,52-,53-,54-,55-,59-/m0/s1. The van der Waals surface area contributed by atoms with Crippen LogP contribution in [0.5, 0.6) is 11.5 Å². The number of hydrogen-bond donors (Lipinski definition) is 21. The van der Waals surface area contributed by atoms with Crippen LogP contribution in [0.15, 0.2) is 109 Å². The molecule has 4 rings (SSSR count). The number of carbonyl (C=O) groups excluding carboxylic acids is 13. The second-order valence-corrected chi connectivity index (χ2v) is 27.3. The van der Waals surface area contributed by atoms with E-state index in [1.165, 1.54) is 67.2 Å². The molecule has 0 aliphatic carbocycles. The van der Waals surface area contributed by atoms with E-state index in [1.807, 2.05) is 0 Å². The molecule has 108 heavy (non-hydrogen) atoms. The number of unbranched alkanes of at least 4 members (excludes halogenated alkanes) is 1. The molecule has 0 spiro atoms. The minimum absolute atomic E-state index is 0.108. The van der Waals surface area contributed by atoms with Crippen LogP contribution in [0.4, 0.5) is 0 Å². The Morgan fingerprint density at radius 1 is 0.417 bits per heavy atom. The number of benzene rings is 4. The number of nitrogens with one attached hydrogen (secondary N) is 12. The second-order valence-electron chi connectivity index (χ2n) is 25.5. The normalized spacial score (nSPS) is 14.3. The van der Waals surface area contributed by atoms with Crippen LogP contribution in [0, 0.1) is 5.92 Å². The molecule has 0 saturated heterocycles. The van der Waals surface area contributed by atoms with E-state index in [9.17, 15) is 92.3 Å². The molecule has 0 radical (unpaired) electrons. The summed E-state index contributed by atoms with van der Waals surface area (Å²) in [6.45, 7) is 3.78. The van der Waals surface area contributed by atoms with Crippen LogP contribution in [-0.4, -0.2) is 218 Å². The molecule has 34 nitrogen and oxygen atoms in total. The predicted molar refractivity (Wildman–Crippen MR) is 404 cm³/mol. The summed E-state index contributed by atoms with van der Waals surface area (Å²) in [5.74, 6) is -17.3. The number of hydrogen-bond acceptors (Lipinski definition) is 22. The molecule has 0 fully saturated rings. The number of thioether (sulfide) groups is 1. The summed E-state index contributed by atoms with van der Waals surface area (Å²) in [6, 6.07) is 10.0. The molecule has 0 aromatic heterocycles. The molecule has 4 aromatic carbocycles. The van der Waals surface area contributed by atoms with Crippen molar-refractivity contribution in [2.45, 2.75) is 157 Å². The molecule has 13 amide bonds. The lowest BCUT2D eigenvalue weighted by atomic mass is 10.0.